The molecule has 1 saturated carbocycles. The molecule has 0 spiro atoms. The van der Waals surface area contributed by atoms with E-state index in [1.165, 1.54) is 30.3 Å². The average molecular weight is 609 g/mol. The second-order valence-electron chi connectivity index (χ2n) is 9.99. The van der Waals surface area contributed by atoms with E-state index >= 15 is 0 Å². The smallest absolute Gasteiger partial charge is 0.347 e. The maximum absolute atomic E-state index is 13.5. The van der Waals surface area contributed by atoms with Crippen LogP contribution in [0.25, 0.3) is 5.57 Å². The summed E-state index contributed by atoms with van der Waals surface area (Å²) in [6.45, 7) is -1.50. The Hall–Kier alpha value is -3.28. The molecule has 220 valence electrons. The third-order valence-electron chi connectivity index (χ3n) is 6.88. The minimum absolute atomic E-state index is 0.0304. The minimum atomic E-state index is -3.48. The van der Waals surface area contributed by atoms with Crippen LogP contribution in [-0.2, 0) is 28.9 Å². The lowest BCUT2D eigenvalue weighted by atomic mass is 9.90. The molecule has 0 aromatic heterocycles. The summed E-state index contributed by atoms with van der Waals surface area (Å²) in [6, 6.07) is 14.2. The first-order valence-corrected chi connectivity index (χ1v) is 15.1. The zero-order valence-electron chi connectivity index (χ0n) is 22.3. The Bertz CT molecular complexity index is 1440. The second kappa shape index (κ2) is 12.7. The van der Waals surface area contributed by atoms with E-state index in [2.05, 4.69) is 5.32 Å². The monoisotopic (exact) mass is 608 g/mol. The van der Waals surface area contributed by atoms with E-state index in [1.807, 2.05) is 0 Å². The molecule has 1 amide bonds. The number of amides is 1. The van der Waals surface area contributed by atoms with Gasteiger partial charge in [-0.05, 0) is 55.0 Å². The van der Waals surface area contributed by atoms with Gasteiger partial charge in [-0.15, -0.1) is 0 Å². The van der Waals surface area contributed by atoms with Gasteiger partial charge in [0.25, 0.3) is 0 Å². The van der Waals surface area contributed by atoms with E-state index < -0.39 is 45.7 Å². The fourth-order valence-electron chi connectivity index (χ4n) is 4.64. The highest BCUT2D eigenvalue weighted by molar-refractivity contribution is 7.91. The molecule has 0 saturated heterocycles. The van der Waals surface area contributed by atoms with Crippen molar-refractivity contribution < 1.29 is 36.3 Å². The van der Waals surface area contributed by atoms with Gasteiger partial charge in [-0.2, -0.15) is 8.78 Å². The Morgan fingerprint density at radius 3 is 2.37 bits per heavy atom. The highest BCUT2D eigenvalue weighted by Crippen LogP contribution is 2.44. The molecule has 0 aliphatic heterocycles. The van der Waals surface area contributed by atoms with Crippen LogP contribution in [0.15, 0.2) is 77.0 Å². The molecule has 2 aromatic rings. The summed E-state index contributed by atoms with van der Waals surface area (Å²) < 4.78 is 62.1. The van der Waals surface area contributed by atoms with Crippen LogP contribution >= 0.6 is 11.6 Å². The number of hydrogen-bond donors (Lipinski definition) is 2. The molecule has 2 aromatic carbocycles. The number of rotatable bonds is 12. The molecule has 2 unspecified atom stereocenters. The number of carbonyl (C=O) groups excluding carboxylic acids is 2. The van der Waals surface area contributed by atoms with Crippen LogP contribution in [0.4, 0.5) is 8.78 Å². The van der Waals surface area contributed by atoms with Gasteiger partial charge in [0.05, 0.1) is 35.3 Å². The van der Waals surface area contributed by atoms with Crippen LogP contribution in [0.5, 0.6) is 0 Å². The lowest BCUT2D eigenvalue weighted by Gasteiger charge is -2.35. The molecule has 0 heterocycles. The molecule has 2 aliphatic rings. The summed E-state index contributed by atoms with van der Waals surface area (Å²) in [5, 5.41) is 0.584. The van der Waals surface area contributed by atoms with Gasteiger partial charge < -0.3 is 15.8 Å². The summed E-state index contributed by atoms with van der Waals surface area (Å²) in [5.41, 5.74) is 7.40. The summed E-state index contributed by atoms with van der Waals surface area (Å²) in [5.74, 6) is -2.21. The van der Waals surface area contributed by atoms with Crippen LogP contribution in [0.2, 0.25) is 0 Å². The SMILES string of the molecule is CCOC(=O)CC(C(=O)NC1=C(N)C=C(c2ccccc2)C(Cl)(OC(F)F)C1)c1ccc(S(=O)(=O)CC2CC2)cc1. The van der Waals surface area contributed by atoms with Crippen molar-refractivity contribution in [3.8, 4) is 0 Å². The van der Waals surface area contributed by atoms with Crippen LogP contribution < -0.4 is 11.1 Å². The Morgan fingerprint density at radius 1 is 1.12 bits per heavy atom. The van der Waals surface area contributed by atoms with Crippen LogP contribution in [0.3, 0.4) is 0 Å². The number of nitrogens with one attached hydrogen (secondary N) is 1. The predicted molar refractivity (Wildman–Crippen MR) is 149 cm³/mol. The number of benzene rings is 2. The lowest BCUT2D eigenvalue weighted by molar-refractivity contribution is -0.161. The Morgan fingerprint density at radius 2 is 1.78 bits per heavy atom. The first-order chi connectivity index (χ1) is 19.4. The molecule has 41 heavy (non-hydrogen) atoms. The van der Waals surface area contributed by atoms with Gasteiger partial charge in [0.1, 0.15) is 0 Å². The number of halogens is 3. The number of carbonyl (C=O) groups is 2. The summed E-state index contributed by atoms with van der Waals surface area (Å²) in [7, 11) is -3.48. The molecule has 4 rings (SSSR count). The first-order valence-electron chi connectivity index (χ1n) is 13.1. The molecule has 0 radical (unpaired) electrons. The van der Waals surface area contributed by atoms with Gasteiger partial charge in [-0.25, -0.2) is 8.42 Å². The maximum atomic E-state index is 13.5. The fourth-order valence-corrected chi connectivity index (χ4v) is 6.70. The summed E-state index contributed by atoms with van der Waals surface area (Å²) in [4.78, 5) is 26.1. The molecule has 12 heteroatoms. The minimum Gasteiger partial charge on any atom is -0.466 e. The fraction of sp³-hybridized carbons (Fsp3) is 0.379. The zero-order valence-corrected chi connectivity index (χ0v) is 23.9. The maximum Gasteiger partial charge on any atom is 0.347 e. The number of hydrogen-bond acceptors (Lipinski definition) is 7. The Kier molecular flexibility index (Phi) is 9.51. The second-order valence-corrected chi connectivity index (χ2v) is 12.6. The zero-order chi connectivity index (χ0) is 29.8. The van der Waals surface area contributed by atoms with Gasteiger partial charge in [-0.1, -0.05) is 54.1 Å². The van der Waals surface area contributed by atoms with Crippen LogP contribution in [0.1, 0.15) is 49.7 Å². The van der Waals surface area contributed by atoms with Crippen molar-refractivity contribution in [2.75, 3.05) is 12.4 Å². The third kappa shape index (κ3) is 7.72. The summed E-state index contributed by atoms with van der Waals surface area (Å²) in [6.07, 6.45) is 2.37. The van der Waals surface area contributed by atoms with E-state index in [1.54, 1.807) is 37.3 Å². The highest BCUT2D eigenvalue weighted by Gasteiger charge is 2.42. The molecule has 8 nitrogen and oxygen atoms in total. The summed E-state index contributed by atoms with van der Waals surface area (Å²) >= 11 is 6.59. The normalized spacial score (nSPS) is 20.0. The molecular weight excluding hydrogens is 578 g/mol. The van der Waals surface area contributed by atoms with Gasteiger partial charge in [0.15, 0.2) is 14.9 Å². The first kappa shape index (κ1) is 30.7. The number of esters is 1. The molecule has 0 bridgehead atoms. The molecule has 2 aliphatic carbocycles. The predicted octanol–water partition coefficient (Wildman–Crippen LogP) is 4.86. The number of sulfone groups is 1. The van der Waals surface area contributed by atoms with E-state index in [0.29, 0.717) is 11.1 Å². The number of nitrogens with two attached hydrogens (primary N) is 1. The van der Waals surface area contributed by atoms with E-state index in [9.17, 15) is 26.8 Å². The Labute approximate surface area is 242 Å². The number of ether oxygens (including phenoxy) is 2. The number of allylic oxidation sites excluding steroid dienone is 1. The van der Waals surface area contributed by atoms with Crippen molar-refractivity contribution in [3.63, 3.8) is 0 Å². The Balaban J connectivity index is 1.63. The standard InChI is InChI=1S/C29H31ClF2N2O6S/c1-2-39-26(35)14-22(19-10-12-21(13-11-19)41(37,38)17-18-8-9-18)27(36)34-25-16-29(30,40-28(31)32)23(15-24(25)33)20-6-4-3-5-7-20/h3-7,10-13,15,18,22,28H,2,8-9,14,16-17,33H2,1H3,(H,34,36). The van der Waals surface area contributed by atoms with Gasteiger partial charge in [0.2, 0.25) is 5.91 Å². The number of alkyl halides is 3. The highest BCUT2D eigenvalue weighted by atomic mass is 35.5. The third-order valence-corrected chi connectivity index (χ3v) is 9.20. The topological polar surface area (TPSA) is 125 Å². The van der Waals surface area contributed by atoms with Gasteiger partial charge in [0, 0.05) is 17.7 Å². The van der Waals surface area contributed by atoms with Gasteiger partial charge >= 0.3 is 12.6 Å². The van der Waals surface area contributed by atoms with Crippen molar-refractivity contribution in [3.05, 3.63) is 83.2 Å². The lowest BCUT2D eigenvalue weighted by Crippen LogP contribution is -2.40. The average Bonchev–Trinajstić information content (AvgIpc) is 3.73. The van der Waals surface area contributed by atoms with Crippen molar-refractivity contribution in [2.45, 2.75) is 55.1 Å². The molecule has 1 fully saturated rings. The van der Waals surface area contributed by atoms with Crippen LogP contribution in [-0.4, -0.2) is 44.3 Å². The molecule has 2 atom stereocenters. The van der Waals surface area contributed by atoms with Crippen molar-refractivity contribution >= 4 is 38.9 Å². The van der Waals surface area contributed by atoms with E-state index in [4.69, 9.17) is 26.8 Å². The van der Waals surface area contributed by atoms with Crippen LogP contribution in [0, 0.1) is 5.92 Å². The van der Waals surface area contributed by atoms with Crippen molar-refractivity contribution in [1.29, 1.82) is 0 Å². The van der Waals surface area contributed by atoms with E-state index in [-0.39, 0.29) is 46.6 Å². The van der Waals surface area contributed by atoms with Crippen molar-refractivity contribution in [2.24, 2.45) is 11.7 Å². The molecular formula is C29H31ClF2N2O6S. The van der Waals surface area contributed by atoms with E-state index in [0.717, 1.165) is 12.8 Å². The van der Waals surface area contributed by atoms with Gasteiger partial charge in [-0.3, -0.25) is 14.3 Å². The quantitative estimate of drug-likeness (QED) is 0.261. The largest absolute Gasteiger partial charge is 0.466 e. The van der Waals surface area contributed by atoms with Crippen molar-refractivity contribution in [1.82, 2.24) is 5.32 Å². The molecule has 3 N–H and O–H groups in total.